The molecule has 0 fully saturated rings. The van der Waals surface area contributed by atoms with E-state index in [1.54, 1.807) is 6.20 Å². The lowest BCUT2D eigenvalue weighted by atomic mass is 10.1. The van der Waals surface area contributed by atoms with E-state index >= 15 is 0 Å². The highest BCUT2D eigenvalue weighted by Gasteiger charge is 2.17. The number of hydrogen-bond acceptors (Lipinski definition) is 8. The minimum absolute atomic E-state index is 0.388. The number of nitrogens with zero attached hydrogens (tertiary/aromatic N) is 4. The molecule has 0 bridgehead atoms. The van der Waals surface area contributed by atoms with Gasteiger partial charge in [0.05, 0.1) is 22.0 Å². The third-order valence-corrected chi connectivity index (χ3v) is 4.48. The molecule has 0 aliphatic heterocycles. The van der Waals surface area contributed by atoms with Gasteiger partial charge in [-0.05, 0) is 49.7 Å². The van der Waals surface area contributed by atoms with Crippen LogP contribution >= 0.6 is 0 Å². The smallest absolute Gasteiger partial charge is 0.311 e. The molecule has 0 atom stereocenters. The zero-order chi connectivity index (χ0) is 21.3. The monoisotopic (exact) mass is 403 g/mol. The molecule has 0 unspecified atom stereocenters. The molecule has 0 saturated carbocycles. The van der Waals surface area contributed by atoms with Crippen molar-refractivity contribution in [3.8, 4) is 17.2 Å². The van der Waals surface area contributed by atoms with Crippen molar-refractivity contribution in [2.24, 2.45) is 0 Å². The molecule has 2 aromatic heterocycles. The molecule has 2 aromatic carbocycles. The molecule has 9 heteroatoms. The van der Waals surface area contributed by atoms with Gasteiger partial charge in [-0.3, -0.25) is 15.1 Å². The summed E-state index contributed by atoms with van der Waals surface area (Å²) in [7, 11) is 0. The van der Waals surface area contributed by atoms with Gasteiger partial charge in [-0.15, -0.1) is 0 Å². The number of aromatic nitrogens is 3. The van der Waals surface area contributed by atoms with Crippen LogP contribution in [0.15, 0.2) is 55.0 Å². The van der Waals surface area contributed by atoms with Crippen molar-refractivity contribution < 1.29 is 14.8 Å². The van der Waals surface area contributed by atoms with Gasteiger partial charge in [-0.2, -0.15) is 0 Å². The van der Waals surface area contributed by atoms with E-state index in [1.165, 1.54) is 18.5 Å². The second-order valence-electron chi connectivity index (χ2n) is 6.68. The number of anilines is 2. The van der Waals surface area contributed by atoms with E-state index in [2.05, 4.69) is 20.3 Å². The van der Waals surface area contributed by atoms with Crippen molar-refractivity contribution in [1.82, 2.24) is 15.0 Å². The zero-order valence-electron chi connectivity index (χ0n) is 16.2. The summed E-state index contributed by atoms with van der Waals surface area (Å²) < 4.78 is 5.88. The number of aromatic hydroxyl groups is 1. The van der Waals surface area contributed by atoms with Crippen molar-refractivity contribution in [3.63, 3.8) is 0 Å². The lowest BCUT2D eigenvalue weighted by Gasteiger charge is -2.12. The van der Waals surface area contributed by atoms with Gasteiger partial charge in [0.1, 0.15) is 23.6 Å². The first-order valence-electron chi connectivity index (χ1n) is 9.01. The third kappa shape index (κ3) is 3.81. The molecule has 4 rings (SSSR count). The van der Waals surface area contributed by atoms with E-state index in [4.69, 9.17) is 4.74 Å². The molecule has 0 radical (unpaired) electrons. The predicted molar refractivity (Wildman–Crippen MR) is 111 cm³/mol. The fourth-order valence-electron chi connectivity index (χ4n) is 2.95. The van der Waals surface area contributed by atoms with Crippen LogP contribution in [0.25, 0.3) is 10.9 Å². The van der Waals surface area contributed by atoms with E-state index < -0.39 is 16.4 Å². The lowest BCUT2D eigenvalue weighted by Crippen LogP contribution is -1.98. The molecule has 30 heavy (non-hydrogen) atoms. The number of phenolic OH excluding ortho intramolecular Hbond substituents is 1. The van der Waals surface area contributed by atoms with Gasteiger partial charge in [0.25, 0.3) is 0 Å². The van der Waals surface area contributed by atoms with Crippen LogP contribution in [0, 0.1) is 24.0 Å². The van der Waals surface area contributed by atoms with E-state index in [0.717, 1.165) is 16.9 Å². The van der Waals surface area contributed by atoms with Gasteiger partial charge >= 0.3 is 5.69 Å². The Labute approximate surface area is 171 Å². The maximum absolute atomic E-state index is 11.2. The molecule has 0 aliphatic rings. The Morgan fingerprint density at radius 2 is 1.90 bits per heavy atom. The maximum atomic E-state index is 11.2. The van der Waals surface area contributed by atoms with Crippen LogP contribution in [-0.4, -0.2) is 25.0 Å². The summed E-state index contributed by atoms with van der Waals surface area (Å²) in [5.41, 5.74) is 2.48. The minimum atomic E-state index is -0.651. The number of nitro benzene ring substituents is 1. The van der Waals surface area contributed by atoms with Crippen LogP contribution in [0.1, 0.15) is 11.3 Å². The Morgan fingerprint density at radius 1 is 1.07 bits per heavy atom. The van der Waals surface area contributed by atoms with E-state index in [0.29, 0.717) is 28.2 Å². The number of pyridine rings is 1. The second-order valence-corrected chi connectivity index (χ2v) is 6.68. The van der Waals surface area contributed by atoms with Crippen LogP contribution in [0.3, 0.4) is 0 Å². The first-order chi connectivity index (χ1) is 14.4. The normalized spacial score (nSPS) is 10.7. The number of nitro groups is 1. The Kier molecular flexibility index (Phi) is 4.85. The lowest BCUT2D eigenvalue weighted by molar-refractivity contribution is -0.385. The van der Waals surface area contributed by atoms with Crippen LogP contribution in [0.4, 0.5) is 17.2 Å². The summed E-state index contributed by atoms with van der Waals surface area (Å²) in [4.78, 5) is 23.0. The van der Waals surface area contributed by atoms with Crippen molar-refractivity contribution in [3.05, 3.63) is 76.4 Å². The highest BCUT2D eigenvalue weighted by Crippen LogP contribution is 2.34. The first-order valence-corrected chi connectivity index (χ1v) is 9.01. The molecule has 4 aromatic rings. The zero-order valence-corrected chi connectivity index (χ0v) is 16.2. The molecule has 0 aliphatic carbocycles. The summed E-state index contributed by atoms with van der Waals surface area (Å²) >= 11 is 0. The van der Waals surface area contributed by atoms with Gasteiger partial charge in [-0.25, -0.2) is 9.97 Å². The molecule has 2 N–H and O–H groups in total. The molecular weight excluding hydrogens is 386 g/mol. The fraction of sp³-hybridized carbons (Fsp3) is 0.0952. The largest absolute Gasteiger partial charge is 0.502 e. The van der Waals surface area contributed by atoms with Gasteiger partial charge < -0.3 is 15.2 Å². The minimum Gasteiger partial charge on any atom is -0.502 e. The summed E-state index contributed by atoms with van der Waals surface area (Å²) in [6.07, 6.45) is 2.99. The Bertz CT molecular complexity index is 1260. The summed E-state index contributed by atoms with van der Waals surface area (Å²) in [6.45, 7) is 3.81. The quantitative estimate of drug-likeness (QED) is 0.360. The van der Waals surface area contributed by atoms with Gasteiger partial charge in [0, 0.05) is 23.5 Å². The van der Waals surface area contributed by atoms with Gasteiger partial charge in [-0.1, -0.05) is 0 Å². The topological polar surface area (TPSA) is 123 Å². The molecule has 2 heterocycles. The highest BCUT2D eigenvalue weighted by molar-refractivity contribution is 5.93. The van der Waals surface area contributed by atoms with Crippen LogP contribution in [0.2, 0.25) is 0 Å². The molecular formula is C21H17N5O4. The van der Waals surface area contributed by atoms with Crippen LogP contribution < -0.4 is 10.1 Å². The fourth-order valence-corrected chi connectivity index (χ4v) is 2.95. The average Bonchev–Trinajstić information content (AvgIpc) is 2.71. The SMILES string of the molecule is Cc1ccc(Oc2ccc(Nc3ncnc4cc(O)c([N+](=O)[O-])cc34)cc2C)cn1. The summed E-state index contributed by atoms with van der Waals surface area (Å²) in [6, 6.07) is 11.7. The Morgan fingerprint density at radius 3 is 2.60 bits per heavy atom. The van der Waals surface area contributed by atoms with Crippen molar-refractivity contribution in [2.45, 2.75) is 13.8 Å². The molecule has 150 valence electrons. The second kappa shape index (κ2) is 7.63. The molecule has 9 nitrogen and oxygen atoms in total. The molecule has 0 spiro atoms. The number of benzene rings is 2. The Balaban J connectivity index is 1.63. The number of phenols is 1. The number of ether oxygens (including phenoxy) is 1. The number of aryl methyl sites for hydroxylation is 2. The first kappa shape index (κ1) is 19.1. The van der Waals surface area contributed by atoms with Crippen LogP contribution in [-0.2, 0) is 0 Å². The molecule has 0 saturated heterocycles. The number of hydrogen-bond donors (Lipinski definition) is 2. The summed E-state index contributed by atoms with van der Waals surface area (Å²) in [5.74, 6) is 1.26. The molecule has 0 amide bonds. The Hall–Kier alpha value is -4.27. The van der Waals surface area contributed by atoms with Gasteiger partial charge in [0.15, 0.2) is 5.75 Å². The van der Waals surface area contributed by atoms with E-state index in [-0.39, 0.29) is 0 Å². The van der Waals surface area contributed by atoms with Crippen molar-refractivity contribution >= 4 is 28.1 Å². The number of fused-ring (bicyclic) bond motifs is 1. The third-order valence-electron chi connectivity index (χ3n) is 4.48. The van der Waals surface area contributed by atoms with Crippen LogP contribution in [0.5, 0.6) is 17.2 Å². The number of rotatable bonds is 5. The number of nitrogens with one attached hydrogen (secondary N) is 1. The maximum Gasteiger partial charge on any atom is 0.311 e. The van der Waals surface area contributed by atoms with Crippen molar-refractivity contribution in [1.29, 1.82) is 0 Å². The van der Waals surface area contributed by atoms with E-state index in [1.807, 2.05) is 44.2 Å². The summed E-state index contributed by atoms with van der Waals surface area (Å²) in [5, 5.41) is 24.5. The van der Waals surface area contributed by atoms with Crippen molar-refractivity contribution in [2.75, 3.05) is 5.32 Å². The highest BCUT2D eigenvalue weighted by atomic mass is 16.6. The standard InChI is InChI=1S/C21H17N5O4/c1-12-7-14(4-6-20(12)30-15-5-3-13(2)22-10-15)25-21-16-8-18(26(28)29)19(27)9-17(16)23-11-24-21/h3-11,27H,1-2H3,(H,23,24,25). The average molecular weight is 403 g/mol. The van der Waals surface area contributed by atoms with Gasteiger partial charge in [0.2, 0.25) is 0 Å². The predicted octanol–water partition coefficient (Wildman–Crippen LogP) is 4.79. The van der Waals surface area contributed by atoms with E-state index in [9.17, 15) is 15.2 Å².